The largest absolute Gasteiger partial charge is 0.495 e. The standard InChI is InChI=1S/C19H17ClFNO/c1-23-16-10-9-14(20)17-11-6-4-7-12(11)18(22-19(16)17)13-5-2-3-8-15(13)21/h2-6,8-12,18,22H,7H2,1H3/t11-,12-,18+/m1/s1. The maximum Gasteiger partial charge on any atom is 0.142 e. The van der Waals surface area contributed by atoms with Gasteiger partial charge in [0, 0.05) is 22.1 Å². The van der Waals surface area contributed by atoms with Crippen LogP contribution in [0.4, 0.5) is 10.1 Å². The van der Waals surface area contributed by atoms with Gasteiger partial charge >= 0.3 is 0 Å². The molecule has 0 fully saturated rings. The zero-order valence-electron chi connectivity index (χ0n) is 12.7. The van der Waals surface area contributed by atoms with Gasteiger partial charge in [0.05, 0.1) is 18.8 Å². The Morgan fingerprint density at radius 2 is 2.04 bits per heavy atom. The highest BCUT2D eigenvalue weighted by Crippen LogP contribution is 2.54. The topological polar surface area (TPSA) is 21.3 Å². The quantitative estimate of drug-likeness (QED) is 0.753. The molecule has 0 amide bonds. The molecule has 0 saturated carbocycles. The summed E-state index contributed by atoms with van der Waals surface area (Å²) in [6.45, 7) is 0. The normalized spacial score (nSPS) is 24.7. The summed E-state index contributed by atoms with van der Waals surface area (Å²) in [6, 6.07) is 10.6. The van der Waals surface area contributed by atoms with Gasteiger partial charge in [-0.2, -0.15) is 0 Å². The van der Waals surface area contributed by atoms with Crippen LogP contribution in [0.5, 0.6) is 5.75 Å². The van der Waals surface area contributed by atoms with Crippen molar-refractivity contribution in [1.29, 1.82) is 0 Å². The Labute approximate surface area is 139 Å². The number of halogens is 2. The second-order valence-electron chi connectivity index (χ2n) is 6.04. The molecule has 1 aliphatic heterocycles. The lowest BCUT2D eigenvalue weighted by Crippen LogP contribution is -2.30. The van der Waals surface area contributed by atoms with Gasteiger partial charge in [0.15, 0.2) is 0 Å². The molecule has 4 rings (SSSR count). The van der Waals surface area contributed by atoms with Crippen LogP contribution < -0.4 is 10.1 Å². The first-order valence-corrected chi connectivity index (χ1v) is 8.12. The number of rotatable bonds is 2. The van der Waals surface area contributed by atoms with Gasteiger partial charge in [-0.25, -0.2) is 4.39 Å². The minimum atomic E-state index is -0.180. The average Bonchev–Trinajstić information content (AvgIpc) is 3.04. The molecular formula is C19H17ClFNO. The molecule has 4 heteroatoms. The van der Waals surface area contributed by atoms with Crippen molar-refractivity contribution in [2.45, 2.75) is 18.4 Å². The molecule has 0 radical (unpaired) electrons. The summed E-state index contributed by atoms with van der Waals surface area (Å²) in [5.41, 5.74) is 2.62. The fourth-order valence-corrected chi connectivity index (χ4v) is 4.13. The fourth-order valence-electron chi connectivity index (χ4n) is 3.84. The third kappa shape index (κ3) is 2.22. The van der Waals surface area contributed by atoms with Crippen molar-refractivity contribution in [3.05, 3.63) is 70.5 Å². The van der Waals surface area contributed by atoms with Crippen molar-refractivity contribution in [2.24, 2.45) is 5.92 Å². The van der Waals surface area contributed by atoms with E-state index in [0.717, 1.165) is 28.4 Å². The third-order valence-corrected chi connectivity index (χ3v) is 5.22. The lowest BCUT2D eigenvalue weighted by atomic mass is 9.76. The highest BCUT2D eigenvalue weighted by Gasteiger charge is 2.41. The van der Waals surface area contributed by atoms with Crippen LogP contribution in [0.2, 0.25) is 5.02 Å². The van der Waals surface area contributed by atoms with E-state index in [2.05, 4.69) is 17.5 Å². The van der Waals surface area contributed by atoms with Crippen molar-refractivity contribution in [3.8, 4) is 5.75 Å². The summed E-state index contributed by atoms with van der Waals surface area (Å²) in [4.78, 5) is 0. The minimum Gasteiger partial charge on any atom is -0.495 e. The van der Waals surface area contributed by atoms with Crippen molar-refractivity contribution in [1.82, 2.24) is 0 Å². The monoisotopic (exact) mass is 329 g/mol. The first-order valence-electron chi connectivity index (χ1n) is 7.74. The van der Waals surface area contributed by atoms with Crippen LogP contribution in [0.1, 0.15) is 29.5 Å². The molecule has 1 heterocycles. The second kappa shape index (κ2) is 5.57. The van der Waals surface area contributed by atoms with Crippen molar-refractivity contribution in [3.63, 3.8) is 0 Å². The first-order chi connectivity index (χ1) is 11.2. The van der Waals surface area contributed by atoms with Crippen LogP contribution in [0.3, 0.4) is 0 Å². The number of allylic oxidation sites excluding steroid dienone is 2. The van der Waals surface area contributed by atoms with E-state index in [1.807, 2.05) is 24.3 Å². The zero-order valence-corrected chi connectivity index (χ0v) is 13.5. The van der Waals surface area contributed by atoms with E-state index in [1.54, 1.807) is 13.2 Å². The van der Waals surface area contributed by atoms with Crippen LogP contribution in [0.25, 0.3) is 0 Å². The SMILES string of the molecule is COc1ccc(Cl)c2c1N[C@H](c1ccccc1F)[C@@H]1CC=C[C@@H]21. The van der Waals surface area contributed by atoms with Crippen molar-refractivity contribution >= 4 is 17.3 Å². The first kappa shape index (κ1) is 14.6. The smallest absolute Gasteiger partial charge is 0.142 e. The van der Waals surface area contributed by atoms with E-state index in [0.29, 0.717) is 5.56 Å². The molecule has 0 aromatic heterocycles. The van der Waals surface area contributed by atoms with E-state index in [4.69, 9.17) is 16.3 Å². The molecule has 0 saturated heterocycles. The number of hydrogen-bond donors (Lipinski definition) is 1. The molecule has 1 N–H and O–H groups in total. The number of anilines is 1. The van der Waals surface area contributed by atoms with Gasteiger partial charge in [-0.3, -0.25) is 0 Å². The number of methoxy groups -OCH3 is 1. The van der Waals surface area contributed by atoms with E-state index in [9.17, 15) is 4.39 Å². The lowest BCUT2D eigenvalue weighted by molar-refractivity contribution is 0.392. The van der Waals surface area contributed by atoms with Crippen molar-refractivity contribution in [2.75, 3.05) is 12.4 Å². The molecule has 23 heavy (non-hydrogen) atoms. The van der Waals surface area contributed by atoms with Crippen LogP contribution in [0, 0.1) is 11.7 Å². The maximum atomic E-state index is 14.4. The molecular weight excluding hydrogens is 313 g/mol. The Kier molecular flexibility index (Phi) is 3.53. The number of ether oxygens (including phenoxy) is 1. The van der Waals surface area contributed by atoms with E-state index in [1.165, 1.54) is 6.07 Å². The number of hydrogen-bond acceptors (Lipinski definition) is 2. The fraction of sp³-hybridized carbons (Fsp3) is 0.263. The number of benzene rings is 2. The van der Waals surface area contributed by atoms with Gasteiger partial charge < -0.3 is 10.1 Å². The Hall–Kier alpha value is -2.00. The highest BCUT2D eigenvalue weighted by molar-refractivity contribution is 6.32. The Bertz CT molecular complexity index is 789. The average molecular weight is 330 g/mol. The molecule has 118 valence electrons. The molecule has 2 aromatic rings. The molecule has 0 spiro atoms. The van der Waals surface area contributed by atoms with Crippen molar-refractivity contribution < 1.29 is 9.13 Å². The predicted molar refractivity (Wildman–Crippen MR) is 90.8 cm³/mol. The van der Waals surface area contributed by atoms with Gasteiger partial charge in [0.25, 0.3) is 0 Å². The van der Waals surface area contributed by atoms with E-state index >= 15 is 0 Å². The summed E-state index contributed by atoms with van der Waals surface area (Å²) in [5, 5.41) is 4.22. The minimum absolute atomic E-state index is 0.101. The molecule has 0 unspecified atom stereocenters. The summed E-state index contributed by atoms with van der Waals surface area (Å²) >= 11 is 6.46. The molecule has 2 nitrogen and oxygen atoms in total. The van der Waals surface area contributed by atoms with E-state index in [-0.39, 0.29) is 23.7 Å². The summed E-state index contributed by atoms with van der Waals surface area (Å²) in [7, 11) is 1.64. The van der Waals surface area contributed by atoms with E-state index < -0.39 is 0 Å². The molecule has 2 aromatic carbocycles. The molecule has 2 aliphatic rings. The Balaban J connectivity index is 1.88. The van der Waals surface area contributed by atoms with Crippen LogP contribution in [0.15, 0.2) is 48.6 Å². The predicted octanol–water partition coefficient (Wildman–Crippen LogP) is 5.31. The zero-order chi connectivity index (χ0) is 16.0. The molecule has 0 bridgehead atoms. The van der Waals surface area contributed by atoms with Crippen LogP contribution in [-0.2, 0) is 0 Å². The van der Waals surface area contributed by atoms with Gasteiger partial charge in [0.2, 0.25) is 0 Å². The van der Waals surface area contributed by atoms with Gasteiger partial charge in [-0.05, 0) is 30.5 Å². The summed E-state index contributed by atoms with van der Waals surface area (Å²) < 4.78 is 19.8. The second-order valence-corrected chi connectivity index (χ2v) is 6.44. The van der Waals surface area contributed by atoms with Crippen LogP contribution in [-0.4, -0.2) is 7.11 Å². The summed E-state index contributed by atoms with van der Waals surface area (Å²) in [5.74, 6) is 0.993. The van der Waals surface area contributed by atoms with Gasteiger partial charge in [0.1, 0.15) is 11.6 Å². The molecule has 1 aliphatic carbocycles. The molecule has 3 atom stereocenters. The van der Waals surface area contributed by atoms with Gasteiger partial charge in [-0.15, -0.1) is 0 Å². The van der Waals surface area contributed by atoms with Gasteiger partial charge in [-0.1, -0.05) is 42.0 Å². The number of fused-ring (bicyclic) bond motifs is 3. The highest BCUT2D eigenvalue weighted by atomic mass is 35.5. The maximum absolute atomic E-state index is 14.4. The Morgan fingerprint density at radius 3 is 2.83 bits per heavy atom. The summed E-state index contributed by atoms with van der Waals surface area (Å²) in [6.07, 6.45) is 5.25. The Morgan fingerprint density at radius 1 is 1.22 bits per heavy atom. The van der Waals surface area contributed by atoms with Crippen LogP contribution >= 0.6 is 11.6 Å². The third-order valence-electron chi connectivity index (χ3n) is 4.89. The lowest BCUT2D eigenvalue weighted by Gasteiger charge is -2.38. The number of nitrogens with one attached hydrogen (secondary N) is 1.